The average Bonchev–Trinajstić information content (AvgIpc) is 3.12. The smallest absolute Gasteiger partial charge is 0.279 e. The number of hydrogen-bond donors (Lipinski definition) is 0. The molecule has 1 aromatic heterocycles. The lowest BCUT2D eigenvalue weighted by atomic mass is 10.1. The van der Waals surface area contributed by atoms with Crippen LogP contribution in [0.2, 0.25) is 0 Å². The number of rotatable bonds is 4. The topological polar surface area (TPSA) is 71.7 Å². The fourth-order valence-corrected chi connectivity index (χ4v) is 6.92. The predicted octanol–water partition coefficient (Wildman–Crippen LogP) is 3.95. The van der Waals surface area contributed by atoms with Crippen molar-refractivity contribution < 1.29 is 13.2 Å². The Kier molecular flexibility index (Phi) is 6.33. The van der Waals surface area contributed by atoms with Crippen molar-refractivity contribution in [3.05, 3.63) is 58.4 Å². The predicted molar refractivity (Wildman–Crippen MR) is 127 cm³/mol. The molecule has 2 aromatic carbocycles. The first-order valence-electron chi connectivity index (χ1n) is 10.6. The number of piperidine rings is 1. The molecule has 1 saturated heterocycles. The van der Waals surface area contributed by atoms with E-state index in [4.69, 9.17) is 6.42 Å². The number of aryl methyl sites for hydroxylation is 1. The molecule has 1 aliphatic heterocycles. The normalized spacial score (nSPS) is 18.0. The van der Waals surface area contributed by atoms with E-state index in [2.05, 4.69) is 10.9 Å². The third kappa shape index (κ3) is 4.16. The summed E-state index contributed by atoms with van der Waals surface area (Å²) in [5, 5.41) is 0. The maximum atomic E-state index is 13.0. The van der Waals surface area contributed by atoms with Crippen LogP contribution >= 0.6 is 11.3 Å². The van der Waals surface area contributed by atoms with Crippen LogP contribution in [0.1, 0.15) is 42.1 Å². The summed E-state index contributed by atoms with van der Waals surface area (Å²) in [5.41, 5.74) is 2.36. The number of terminal acetylenes is 1. The Hall–Kier alpha value is -2.73. The summed E-state index contributed by atoms with van der Waals surface area (Å²) in [7, 11) is -3.58. The molecule has 0 saturated carbocycles. The molecule has 0 spiro atoms. The lowest BCUT2D eigenvalue weighted by molar-refractivity contribution is 0.0997. The van der Waals surface area contributed by atoms with E-state index in [1.807, 2.05) is 36.6 Å². The number of fused-ring (bicyclic) bond motifs is 1. The number of thiazole rings is 1. The minimum atomic E-state index is -3.58. The van der Waals surface area contributed by atoms with Gasteiger partial charge in [-0.05, 0) is 62.6 Å². The zero-order valence-electron chi connectivity index (χ0n) is 18.1. The number of carbonyl (C=O) groups is 1. The molecule has 8 heteroatoms. The Labute approximate surface area is 192 Å². The average molecular weight is 468 g/mol. The van der Waals surface area contributed by atoms with E-state index in [0.29, 0.717) is 23.5 Å². The van der Waals surface area contributed by atoms with Gasteiger partial charge in [-0.2, -0.15) is 9.30 Å². The van der Waals surface area contributed by atoms with Crippen molar-refractivity contribution in [2.24, 2.45) is 4.99 Å². The molecule has 6 nitrogen and oxygen atoms in total. The third-order valence-corrected chi connectivity index (χ3v) is 8.87. The first-order valence-corrected chi connectivity index (χ1v) is 12.8. The van der Waals surface area contributed by atoms with Crippen molar-refractivity contribution in [1.29, 1.82) is 0 Å². The van der Waals surface area contributed by atoms with Gasteiger partial charge < -0.3 is 4.57 Å². The highest BCUT2D eigenvalue weighted by Gasteiger charge is 2.30. The molecule has 4 rings (SSSR count). The zero-order valence-corrected chi connectivity index (χ0v) is 19.7. The van der Waals surface area contributed by atoms with Crippen LogP contribution in [0, 0.1) is 19.3 Å². The van der Waals surface area contributed by atoms with Gasteiger partial charge in [0.2, 0.25) is 10.0 Å². The van der Waals surface area contributed by atoms with Crippen molar-refractivity contribution in [2.45, 2.75) is 50.6 Å². The number of nitrogens with zero attached hydrogens (tertiary/aromatic N) is 3. The molecule has 1 amide bonds. The van der Waals surface area contributed by atoms with Gasteiger partial charge in [-0.25, -0.2) is 8.42 Å². The van der Waals surface area contributed by atoms with Crippen LogP contribution < -0.4 is 4.80 Å². The molecule has 1 fully saturated rings. The first-order chi connectivity index (χ1) is 15.3. The number of carbonyl (C=O) groups excluding carboxylic acids is 1. The van der Waals surface area contributed by atoms with E-state index in [1.165, 1.54) is 35.6 Å². The van der Waals surface area contributed by atoms with Crippen LogP contribution in [0.25, 0.3) is 10.2 Å². The number of hydrogen-bond acceptors (Lipinski definition) is 4. The van der Waals surface area contributed by atoms with Crippen LogP contribution in [-0.2, 0) is 16.6 Å². The van der Waals surface area contributed by atoms with E-state index >= 15 is 0 Å². The second-order valence-corrected chi connectivity index (χ2v) is 10.9. The first kappa shape index (κ1) is 22.5. The van der Waals surface area contributed by atoms with Crippen LogP contribution in [0.15, 0.2) is 52.4 Å². The maximum Gasteiger partial charge on any atom is 0.279 e. The molecule has 1 aliphatic rings. The Morgan fingerprint density at radius 3 is 2.66 bits per heavy atom. The van der Waals surface area contributed by atoms with Crippen molar-refractivity contribution in [3.63, 3.8) is 0 Å². The fourth-order valence-electron chi connectivity index (χ4n) is 4.12. The van der Waals surface area contributed by atoms with Gasteiger partial charge in [0.1, 0.15) is 0 Å². The molecule has 0 N–H and O–H groups in total. The van der Waals surface area contributed by atoms with E-state index in [0.717, 1.165) is 35.0 Å². The lowest BCUT2D eigenvalue weighted by Gasteiger charge is -2.32. The molecule has 1 atom stereocenters. The van der Waals surface area contributed by atoms with E-state index in [1.54, 1.807) is 4.31 Å². The van der Waals surface area contributed by atoms with Crippen molar-refractivity contribution in [2.75, 3.05) is 6.54 Å². The number of sulfonamides is 1. The molecule has 0 bridgehead atoms. The second-order valence-electron chi connectivity index (χ2n) is 8.00. The van der Waals surface area contributed by atoms with Crippen molar-refractivity contribution in [3.8, 4) is 12.3 Å². The summed E-state index contributed by atoms with van der Waals surface area (Å²) in [6.45, 7) is 4.77. The number of benzene rings is 2. The molecule has 3 aromatic rings. The van der Waals surface area contributed by atoms with Gasteiger partial charge in [-0.1, -0.05) is 35.8 Å². The van der Waals surface area contributed by atoms with Gasteiger partial charge in [0, 0.05) is 18.2 Å². The van der Waals surface area contributed by atoms with Crippen LogP contribution in [0.3, 0.4) is 0 Å². The Bertz CT molecular complexity index is 1380. The second kappa shape index (κ2) is 9.02. The number of amides is 1. The summed E-state index contributed by atoms with van der Waals surface area (Å²) in [4.78, 5) is 17.9. The van der Waals surface area contributed by atoms with Crippen LogP contribution in [-0.4, -0.2) is 35.8 Å². The van der Waals surface area contributed by atoms with E-state index < -0.39 is 15.9 Å². The van der Waals surface area contributed by atoms with E-state index in [-0.39, 0.29) is 10.9 Å². The monoisotopic (exact) mass is 467 g/mol. The number of aromatic nitrogens is 1. The number of para-hydroxylation sites is 1. The van der Waals surface area contributed by atoms with Gasteiger partial charge in [0.25, 0.3) is 5.91 Å². The summed E-state index contributed by atoms with van der Waals surface area (Å²) in [6, 6.07) is 11.9. The molecular weight excluding hydrogens is 442 g/mol. The van der Waals surface area contributed by atoms with Gasteiger partial charge in [-0.3, -0.25) is 4.79 Å². The fraction of sp³-hybridized carbons (Fsp3) is 0.333. The quantitative estimate of drug-likeness (QED) is 0.546. The van der Waals surface area contributed by atoms with Crippen molar-refractivity contribution >= 4 is 37.5 Å². The molecule has 1 unspecified atom stereocenters. The SMILES string of the molecule is C#CCn1c(=NC(=O)c2ccc(S(=O)(=O)N3CCCCC3C)cc2)sc2cccc(C)c21. The molecule has 32 heavy (non-hydrogen) atoms. The van der Waals surface area contributed by atoms with Crippen molar-refractivity contribution in [1.82, 2.24) is 8.87 Å². The molecular formula is C24H25N3O3S2. The van der Waals surface area contributed by atoms with Gasteiger partial charge in [-0.15, -0.1) is 6.42 Å². The highest BCUT2D eigenvalue weighted by atomic mass is 32.2. The minimum absolute atomic E-state index is 0.0203. The third-order valence-electron chi connectivity index (χ3n) is 5.80. The summed E-state index contributed by atoms with van der Waals surface area (Å²) in [6.07, 6.45) is 8.32. The van der Waals surface area contributed by atoms with E-state index in [9.17, 15) is 13.2 Å². The Morgan fingerprint density at radius 2 is 1.97 bits per heavy atom. The van der Waals surface area contributed by atoms with Gasteiger partial charge in [0.05, 0.1) is 21.7 Å². The standard InChI is InChI=1S/C24H25N3O3S2/c1-4-15-26-22-17(2)8-7-10-21(22)31-24(26)25-23(28)19-11-13-20(14-12-19)32(29,30)27-16-6-5-9-18(27)3/h1,7-8,10-14,18H,5-6,9,15-16H2,2-3H3. The van der Waals surface area contributed by atoms with Crippen LogP contribution in [0.5, 0.6) is 0 Å². The lowest BCUT2D eigenvalue weighted by Crippen LogP contribution is -2.41. The minimum Gasteiger partial charge on any atom is -0.304 e. The van der Waals surface area contributed by atoms with Crippen LogP contribution in [0.4, 0.5) is 0 Å². The maximum absolute atomic E-state index is 13.0. The zero-order chi connectivity index (χ0) is 22.9. The Morgan fingerprint density at radius 1 is 1.22 bits per heavy atom. The summed E-state index contributed by atoms with van der Waals surface area (Å²) >= 11 is 1.40. The molecule has 0 aliphatic carbocycles. The Balaban J connectivity index is 1.67. The highest BCUT2D eigenvalue weighted by Crippen LogP contribution is 2.25. The molecule has 166 valence electrons. The molecule has 2 heterocycles. The summed E-state index contributed by atoms with van der Waals surface area (Å²) < 4.78 is 30.5. The highest BCUT2D eigenvalue weighted by molar-refractivity contribution is 7.89. The summed E-state index contributed by atoms with van der Waals surface area (Å²) in [5.74, 6) is 2.19. The van der Waals surface area contributed by atoms with Gasteiger partial charge >= 0.3 is 0 Å². The largest absolute Gasteiger partial charge is 0.304 e. The van der Waals surface area contributed by atoms with Gasteiger partial charge in [0.15, 0.2) is 4.80 Å². The molecule has 0 radical (unpaired) electrons.